The number of alkyl halides is 3. The highest BCUT2D eigenvalue weighted by Gasteiger charge is 2.31. The predicted molar refractivity (Wildman–Crippen MR) is 101 cm³/mol. The van der Waals surface area contributed by atoms with Crippen molar-refractivity contribution in [2.24, 2.45) is 5.92 Å². The Kier molecular flexibility index (Phi) is 7.65. The van der Waals surface area contributed by atoms with E-state index in [9.17, 15) is 18.0 Å². The molecule has 2 aliphatic heterocycles. The third kappa shape index (κ3) is 6.81. The molecule has 1 unspecified atom stereocenters. The van der Waals surface area contributed by atoms with Crippen LogP contribution >= 0.6 is 0 Å². The highest BCUT2D eigenvalue weighted by atomic mass is 19.4. The van der Waals surface area contributed by atoms with Crippen LogP contribution < -0.4 is 4.90 Å². The molecule has 0 spiro atoms. The van der Waals surface area contributed by atoms with Gasteiger partial charge in [0.2, 0.25) is 5.91 Å². The van der Waals surface area contributed by atoms with Crippen LogP contribution in [0, 0.1) is 5.92 Å². The molecule has 162 valence electrons. The molecule has 2 aliphatic rings. The number of carbonyl (C=O) groups is 1. The van der Waals surface area contributed by atoms with Gasteiger partial charge in [-0.05, 0) is 19.3 Å². The number of halogens is 3. The fraction of sp³-hybridized carbons (Fsp3) is 0.737. The largest absolute Gasteiger partial charge is 0.411 e. The molecule has 0 bridgehead atoms. The van der Waals surface area contributed by atoms with E-state index in [0.717, 1.165) is 38.3 Å². The van der Waals surface area contributed by atoms with Crippen molar-refractivity contribution in [2.45, 2.75) is 25.4 Å². The maximum atomic E-state index is 12.9. The molecular weight excluding hydrogens is 387 g/mol. The van der Waals surface area contributed by atoms with Gasteiger partial charge in [-0.15, -0.1) is 0 Å². The van der Waals surface area contributed by atoms with Gasteiger partial charge in [0.1, 0.15) is 12.4 Å². The molecule has 29 heavy (non-hydrogen) atoms. The average molecular weight is 415 g/mol. The zero-order valence-electron chi connectivity index (χ0n) is 16.5. The monoisotopic (exact) mass is 415 g/mol. The molecular formula is C19H28F3N5O2. The fourth-order valence-corrected chi connectivity index (χ4v) is 3.87. The van der Waals surface area contributed by atoms with Crippen molar-refractivity contribution in [2.75, 3.05) is 63.9 Å². The van der Waals surface area contributed by atoms with Crippen LogP contribution in [-0.2, 0) is 9.53 Å². The number of rotatable bonds is 7. The summed E-state index contributed by atoms with van der Waals surface area (Å²) in [6.07, 6.45) is 3.14. The second-order valence-corrected chi connectivity index (χ2v) is 7.54. The lowest BCUT2D eigenvalue weighted by atomic mass is 9.96. The van der Waals surface area contributed by atoms with Crippen molar-refractivity contribution in [1.29, 1.82) is 0 Å². The molecule has 2 saturated heterocycles. The Labute approximate surface area is 168 Å². The standard InChI is InChI=1S/C19H28F3N5O2/c20-19(21,22)15-29-12-2-6-25-8-10-26(11-9-25)18(28)16-3-1-7-27(14-16)17-13-23-4-5-24-17/h4-5,13,16H,1-3,6-12,14-15H2. The summed E-state index contributed by atoms with van der Waals surface area (Å²) in [6.45, 7) is 3.93. The van der Waals surface area contributed by atoms with E-state index in [4.69, 9.17) is 0 Å². The number of carbonyl (C=O) groups excluding carboxylic acids is 1. The van der Waals surface area contributed by atoms with E-state index in [2.05, 4.69) is 24.5 Å². The van der Waals surface area contributed by atoms with E-state index in [-0.39, 0.29) is 18.4 Å². The molecule has 0 aliphatic carbocycles. The van der Waals surface area contributed by atoms with Crippen LogP contribution in [0.2, 0.25) is 0 Å². The number of ether oxygens (including phenoxy) is 1. The lowest BCUT2D eigenvalue weighted by Gasteiger charge is -2.39. The molecule has 0 aromatic carbocycles. The van der Waals surface area contributed by atoms with Gasteiger partial charge >= 0.3 is 6.18 Å². The molecule has 3 rings (SSSR count). The van der Waals surface area contributed by atoms with Crippen LogP contribution in [-0.4, -0.2) is 90.9 Å². The SMILES string of the molecule is O=C(C1CCCN(c2cnccn2)C1)N1CCN(CCCOCC(F)(F)F)CC1. The van der Waals surface area contributed by atoms with Crippen LogP contribution in [0.15, 0.2) is 18.6 Å². The summed E-state index contributed by atoms with van der Waals surface area (Å²) >= 11 is 0. The second kappa shape index (κ2) is 10.2. The Hall–Kier alpha value is -1.94. The van der Waals surface area contributed by atoms with Crippen molar-refractivity contribution in [3.05, 3.63) is 18.6 Å². The van der Waals surface area contributed by atoms with E-state index in [1.165, 1.54) is 0 Å². The highest BCUT2D eigenvalue weighted by Crippen LogP contribution is 2.23. The minimum absolute atomic E-state index is 0.0342. The van der Waals surface area contributed by atoms with Crippen molar-refractivity contribution in [1.82, 2.24) is 19.8 Å². The molecule has 7 nitrogen and oxygen atoms in total. The Bertz CT molecular complexity index is 638. The molecule has 2 fully saturated rings. The zero-order valence-corrected chi connectivity index (χ0v) is 16.5. The van der Waals surface area contributed by atoms with Gasteiger partial charge in [-0.3, -0.25) is 14.7 Å². The lowest BCUT2D eigenvalue weighted by Crippen LogP contribution is -2.52. The quantitative estimate of drug-likeness (QED) is 0.633. The third-order valence-corrected chi connectivity index (χ3v) is 5.36. The van der Waals surface area contributed by atoms with Crippen LogP contribution in [0.25, 0.3) is 0 Å². The van der Waals surface area contributed by atoms with Crippen LogP contribution in [0.3, 0.4) is 0 Å². The van der Waals surface area contributed by atoms with Gasteiger partial charge < -0.3 is 14.5 Å². The molecule has 1 amide bonds. The Morgan fingerprint density at radius 2 is 1.97 bits per heavy atom. The molecule has 3 heterocycles. The smallest absolute Gasteiger partial charge is 0.372 e. The number of hydrogen-bond donors (Lipinski definition) is 0. The fourth-order valence-electron chi connectivity index (χ4n) is 3.87. The van der Waals surface area contributed by atoms with Crippen LogP contribution in [0.5, 0.6) is 0 Å². The van der Waals surface area contributed by atoms with Crippen molar-refractivity contribution in [3.8, 4) is 0 Å². The summed E-state index contributed by atoms with van der Waals surface area (Å²) in [6, 6.07) is 0. The summed E-state index contributed by atoms with van der Waals surface area (Å²) in [5, 5.41) is 0. The number of nitrogens with zero attached hydrogens (tertiary/aromatic N) is 5. The summed E-state index contributed by atoms with van der Waals surface area (Å²) in [4.78, 5) is 27.6. The summed E-state index contributed by atoms with van der Waals surface area (Å²) in [5.41, 5.74) is 0. The predicted octanol–water partition coefficient (Wildman–Crippen LogP) is 1.81. The average Bonchev–Trinajstić information content (AvgIpc) is 2.73. The first-order chi connectivity index (χ1) is 13.9. The molecule has 1 aromatic heterocycles. The van der Waals surface area contributed by atoms with Gasteiger partial charge in [-0.2, -0.15) is 13.2 Å². The van der Waals surface area contributed by atoms with Crippen molar-refractivity contribution in [3.63, 3.8) is 0 Å². The topological polar surface area (TPSA) is 61.8 Å². The molecule has 0 radical (unpaired) electrons. The highest BCUT2D eigenvalue weighted by molar-refractivity contribution is 5.79. The summed E-state index contributed by atoms with van der Waals surface area (Å²) in [7, 11) is 0. The second-order valence-electron chi connectivity index (χ2n) is 7.54. The first-order valence-electron chi connectivity index (χ1n) is 10.1. The maximum Gasteiger partial charge on any atom is 0.411 e. The van der Waals surface area contributed by atoms with Gasteiger partial charge in [-0.1, -0.05) is 0 Å². The Morgan fingerprint density at radius 1 is 1.17 bits per heavy atom. The minimum Gasteiger partial charge on any atom is -0.372 e. The number of piperazine rings is 1. The molecule has 1 atom stereocenters. The first kappa shape index (κ1) is 21.8. The van der Waals surface area contributed by atoms with Gasteiger partial charge in [0.15, 0.2) is 0 Å². The Morgan fingerprint density at radius 3 is 2.66 bits per heavy atom. The summed E-state index contributed by atoms with van der Waals surface area (Å²) in [5.74, 6) is 0.961. The minimum atomic E-state index is -4.27. The van der Waals surface area contributed by atoms with Gasteiger partial charge in [0.25, 0.3) is 0 Å². The number of aromatic nitrogens is 2. The van der Waals surface area contributed by atoms with Gasteiger partial charge in [0, 0.05) is 64.8 Å². The summed E-state index contributed by atoms with van der Waals surface area (Å²) < 4.78 is 40.8. The Balaban J connectivity index is 1.37. The van der Waals surface area contributed by atoms with E-state index in [1.807, 2.05) is 4.90 Å². The van der Waals surface area contributed by atoms with Crippen molar-refractivity contribution >= 4 is 11.7 Å². The molecule has 0 N–H and O–H groups in total. The molecule has 1 aromatic rings. The lowest BCUT2D eigenvalue weighted by molar-refractivity contribution is -0.174. The normalized spacial score (nSPS) is 21.4. The van der Waals surface area contributed by atoms with Gasteiger partial charge in [0.05, 0.1) is 12.1 Å². The van der Waals surface area contributed by atoms with Crippen LogP contribution in [0.4, 0.5) is 19.0 Å². The van der Waals surface area contributed by atoms with E-state index >= 15 is 0 Å². The number of anilines is 1. The van der Waals surface area contributed by atoms with Crippen molar-refractivity contribution < 1.29 is 22.7 Å². The van der Waals surface area contributed by atoms with Crippen LogP contribution in [0.1, 0.15) is 19.3 Å². The van der Waals surface area contributed by atoms with E-state index in [0.29, 0.717) is 32.6 Å². The molecule has 0 saturated carbocycles. The van der Waals surface area contributed by atoms with Gasteiger partial charge in [-0.25, -0.2) is 4.98 Å². The maximum absolute atomic E-state index is 12.9. The third-order valence-electron chi connectivity index (χ3n) is 5.36. The zero-order chi connectivity index (χ0) is 20.7. The van der Waals surface area contributed by atoms with E-state index < -0.39 is 12.8 Å². The number of hydrogen-bond acceptors (Lipinski definition) is 6. The molecule has 10 heteroatoms. The van der Waals surface area contributed by atoms with E-state index in [1.54, 1.807) is 18.6 Å². The first-order valence-corrected chi connectivity index (χ1v) is 10.1. The number of piperidine rings is 1. The number of amides is 1.